The third-order valence-electron chi connectivity index (χ3n) is 4.19. The molecule has 0 aliphatic carbocycles. The first-order chi connectivity index (χ1) is 10.7. The maximum absolute atomic E-state index is 12.3. The first-order valence-electron chi connectivity index (χ1n) is 8.36. The van der Waals surface area contributed by atoms with Crippen LogP contribution in [0.5, 0.6) is 0 Å². The van der Waals surface area contributed by atoms with Gasteiger partial charge in [0.05, 0.1) is 6.54 Å². The van der Waals surface area contributed by atoms with Gasteiger partial charge < -0.3 is 10.2 Å². The Balaban J connectivity index is 2.52. The van der Waals surface area contributed by atoms with E-state index in [1.165, 1.54) is 0 Å². The number of carbonyl (C=O) groups is 4. The van der Waals surface area contributed by atoms with E-state index in [4.69, 9.17) is 0 Å². The summed E-state index contributed by atoms with van der Waals surface area (Å²) in [5.74, 6) is -0.620. The summed E-state index contributed by atoms with van der Waals surface area (Å²) in [6.45, 7) is 7.72. The van der Waals surface area contributed by atoms with E-state index >= 15 is 0 Å². The summed E-state index contributed by atoms with van der Waals surface area (Å²) < 4.78 is 0. The third kappa shape index (κ3) is 5.77. The number of nitrogens with one attached hydrogen (secondary N) is 1. The molecule has 0 aromatic carbocycles. The number of likely N-dealkylation sites (tertiary alicyclic amines) is 1. The van der Waals surface area contributed by atoms with Crippen molar-refractivity contribution in [3.63, 3.8) is 0 Å². The van der Waals surface area contributed by atoms with E-state index in [0.29, 0.717) is 13.0 Å². The van der Waals surface area contributed by atoms with Gasteiger partial charge in [0.1, 0.15) is 11.8 Å². The summed E-state index contributed by atoms with van der Waals surface area (Å²) in [5.41, 5.74) is 0. The summed E-state index contributed by atoms with van der Waals surface area (Å²) in [5, 5.41) is 2.62. The zero-order chi connectivity index (χ0) is 17.6. The fraction of sp³-hybridized carbons (Fsp3) is 0.765. The molecule has 0 aromatic rings. The second kappa shape index (κ2) is 8.79. The molecule has 0 unspecified atom stereocenters. The fourth-order valence-electron chi connectivity index (χ4n) is 2.50. The van der Waals surface area contributed by atoms with E-state index in [1.807, 2.05) is 13.8 Å². The van der Waals surface area contributed by atoms with E-state index in [9.17, 15) is 19.2 Å². The number of ketones is 2. The Labute approximate surface area is 138 Å². The third-order valence-corrected chi connectivity index (χ3v) is 4.19. The summed E-state index contributed by atoms with van der Waals surface area (Å²) >= 11 is 0. The Morgan fingerprint density at radius 3 is 2.17 bits per heavy atom. The van der Waals surface area contributed by atoms with Crippen molar-refractivity contribution in [1.82, 2.24) is 10.2 Å². The fourth-order valence-corrected chi connectivity index (χ4v) is 2.50. The molecule has 130 valence electrons. The Morgan fingerprint density at radius 1 is 1.00 bits per heavy atom. The lowest BCUT2D eigenvalue weighted by Crippen LogP contribution is -2.47. The van der Waals surface area contributed by atoms with Gasteiger partial charge in [-0.1, -0.05) is 27.7 Å². The SMILES string of the molecule is CC(C)C(=O)CCC(=O)N1CCC[C@H]1C(=O)NCC(=O)C(C)C. The summed E-state index contributed by atoms with van der Waals surface area (Å²) in [4.78, 5) is 49.2. The second-order valence-electron chi connectivity index (χ2n) is 6.70. The molecule has 1 rings (SSSR count). The van der Waals surface area contributed by atoms with Gasteiger partial charge in [-0.2, -0.15) is 0 Å². The zero-order valence-corrected chi connectivity index (χ0v) is 14.6. The minimum absolute atomic E-state index is 0.000859. The molecule has 23 heavy (non-hydrogen) atoms. The predicted octanol–water partition coefficient (Wildman–Crippen LogP) is 1.32. The normalized spacial score (nSPS) is 17.7. The molecule has 0 spiro atoms. The molecular formula is C17H28N2O4. The molecule has 0 saturated carbocycles. The van der Waals surface area contributed by atoms with Crippen molar-refractivity contribution in [2.24, 2.45) is 11.8 Å². The molecule has 0 bridgehead atoms. The molecule has 1 fully saturated rings. The van der Waals surface area contributed by atoms with Crippen LogP contribution in [0, 0.1) is 11.8 Å². The molecule has 1 saturated heterocycles. The van der Waals surface area contributed by atoms with Crippen molar-refractivity contribution in [3.05, 3.63) is 0 Å². The Bertz CT molecular complexity index is 429. The van der Waals surface area contributed by atoms with Crippen molar-refractivity contribution in [1.29, 1.82) is 0 Å². The monoisotopic (exact) mass is 324 g/mol. The molecule has 2 amide bonds. The average molecular weight is 324 g/mol. The minimum Gasteiger partial charge on any atom is -0.347 e. The molecule has 6 heteroatoms. The molecule has 1 heterocycles. The van der Waals surface area contributed by atoms with Crippen LogP contribution in [0.2, 0.25) is 0 Å². The Hall–Kier alpha value is -1.72. The van der Waals surface area contributed by atoms with Gasteiger partial charge in [-0.15, -0.1) is 0 Å². The highest BCUT2D eigenvalue weighted by Gasteiger charge is 2.34. The van der Waals surface area contributed by atoms with Gasteiger partial charge >= 0.3 is 0 Å². The van der Waals surface area contributed by atoms with Crippen molar-refractivity contribution >= 4 is 23.4 Å². The standard InChI is InChI=1S/C17H28N2O4/c1-11(2)14(20)7-8-16(22)19-9-5-6-13(19)17(23)18-10-15(21)12(3)4/h11-13H,5-10H2,1-4H3,(H,18,23)/t13-/m0/s1. The summed E-state index contributed by atoms with van der Waals surface area (Å²) in [7, 11) is 0. The van der Waals surface area contributed by atoms with E-state index < -0.39 is 6.04 Å². The first kappa shape index (κ1) is 19.3. The van der Waals surface area contributed by atoms with Gasteiger partial charge in [0.15, 0.2) is 5.78 Å². The lowest BCUT2D eigenvalue weighted by Gasteiger charge is -2.24. The van der Waals surface area contributed by atoms with Crippen molar-refractivity contribution in [2.45, 2.75) is 59.4 Å². The zero-order valence-electron chi connectivity index (χ0n) is 14.6. The minimum atomic E-state index is -0.517. The molecule has 0 radical (unpaired) electrons. The van der Waals surface area contributed by atoms with E-state index in [1.54, 1.807) is 18.7 Å². The number of hydrogen-bond donors (Lipinski definition) is 1. The number of hydrogen-bond acceptors (Lipinski definition) is 4. The van der Waals surface area contributed by atoms with Crippen LogP contribution < -0.4 is 5.32 Å². The average Bonchev–Trinajstić information content (AvgIpc) is 2.98. The molecule has 1 atom stereocenters. The van der Waals surface area contributed by atoms with Crippen LogP contribution in [-0.2, 0) is 19.2 Å². The van der Waals surface area contributed by atoms with E-state index in [2.05, 4.69) is 5.32 Å². The lowest BCUT2D eigenvalue weighted by molar-refractivity contribution is -0.139. The molecule has 6 nitrogen and oxygen atoms in total. The molecule has 0 aromatic heterocycles. The van der Waals surface area contributed by atoms with E-state index in [0.717, 1.165) is 6.42 Å². The van der Waals surface area contributed by atoms with Crippen LogP contribution >= 0.6 is 0 Å². The maximum Gasteiger partial charge on any atom is 0.243 e. The highest BCUT2D eigenvalue weighted by atomic mass is 16.2. The first-order valence-corrected chi connectivity index (χ1v) is 8.36. The molecular weight excluding hydrogens is 296 g/mol. The summed E-state index contributed by atoms with van der Waals surface area (Å²) in [6, 6.07) is -0.517. The Morgan fingerprint density at radius 2 is 1.61 bits per heavy atom. The van der Waals surface area contributed by atoms with Gasteiger partial charge in [-0.25, -0.2) is 0 Å². The highest BCUT2D eigenvalue weighted by Crippen LogP contribution is 2.19. The maximum atomic E-state index is 12.3. The van der Waals surface area contributed by atoms with Crippen LogP contribution in [0.4, 0.5) is 0 Å². The van der Waals surface area contributed by atoms with Gasteiger partial charge in [0, 0.05) is 31.2 Å². The topological polar surface area (TPSA) is 83.6 Å². The summed E-state index contributed by atoms with van der Waals surface area (Å²) in [6.07, 6.45) is 1.73. The highest BCUT2D eigenvalue weighted by molar-refractivity contribution is 5.92. The van der Waals surface area contributed by atoms with Gasteiger partial charge in [-0.05, 0) is 12.8 Å². The van der Waals surface area contributed by atoms with Crippen LogP contribution in [0.25, 0.3) is 0 Å². The number of carbonyl (C=O) groups excluding carboxylic acids is 4. The smallest absolute Gasteiger partial charge is 0.243 e. The number of amides is 2. The molecule has 1 aliphatic rings. The number of Topliss-reactive ketones (excluding diaryl/α,β-unsaturated/α-hetero) is 2. The Kier molecular flexibility index (Phi) is 7.39. The van der Waals surface area contributed by atoms with Crippen LogP contribution in [0.1, 0.15) is 53.4 Å². The van der Waals surface area contributed by atoms with E-state index in [-0.39, 0.29) is 54.6 Å². The molecule has 1 N–H and O–H groups in total. The van der Waals surface area contributed by atoms with Crippen LogP contribution in [0.15, 0.2) is 0 Å². The van der Waals surface area contributed by atoms with Gasteiger partial charge in [0.2, 0.25) is 11.8 Å². The van der Waals surface area contributed by atoms with Crippen molar-refractivity contribution in [2.75, 3.05) is 13.1 Å². The van der Waals surface area contributed by atoms with Gasteiger partial charge in [-0.3, -0.25) is 19.2 Å². The van der Waals surface area contributed by atoms with Gasteiger partial charge in [0.25, 0.3) is 0 Å². The second-order valence-corrected chi connectivity index (χ2v) is 6.70. The quantitative estimate of drug-likeness (QED) is 0.730. The number of rotatable bonds is 8. The predicted molar refractivity (Wildman–Crippen MR) is 86.7 cm³/mol. The largest absolute Gasteiger partial charge is 0.347 e. The number of nitrogens with zero attached hydrogens (tertiary/aromatic N) is 1. The van der Waals surface area contributed by atoms with Crippen molar-refractivity contribution < 1.29 is 19.2 Å². The van der Waals surface area contributed by atoms with Crippen LogP contribution in [0.3, 0.4) is 0 Å². The van der Waals surface area contributed by atoms with Crippen molar-refractivity contribution in [3.8, 4) is 0 Å². The molecule has 1 aliphatic heterocycles. The lowest BCUT2D eigenvalue weighted by atomic mass is 10.0. The van der Waals surface area contributed by atoms with Crippen LogP contribution in [-0.4, -0.2) is 47.4 Å².